The Morgan fingerprint density at radius 2 is 1.90 bits per heavy atom. The molecule has 0 spiro atoms. The van der Waals surface area contributed by atoms with Gasteiger partial charge in [0.2, 0.25) is 0 Å². The van der Waals surface area contributed by atoms with Crippen molar-refractivity contribution in [1.82, 2.24) is 16.0 Å². The topological polar surface area (TPSA) is 78.0 Å². The van der Waals surface area contributed by atoms with Crippen molar-refractivity contribution in [1.29, 1.82) is 0 Å². The lowest BCUT2D eigenvalue weighted by atomic mass is 10.2. The molecule has 1 aliphatic rings. The molecular weight excluding hydrogens is 378 g/mol. The van der Waals surface area contributed by atoms with Crippen LogP contribution in [-0.2, 0) is 0 Å². The predicted molar refractivity (Wildman–Crippen MR) is 122 cm³/mol. The van der Waals surface area contributed by atoms with E-state index in [0.717, 1.165) is 43.5 Å². The Labute approximate surface area is 178 Å². The summed E-state index contributed by atoms with van der Waals surface area (Å²) in [4.78, 5) is 19.1. The van der Waals surface area contributed by atoms with Crippen LogP contribution in [0.4, 0.5) is 5.69 Å². The molecule has 0 bridgehead atoms. The van der Waals surface area contributed by atoms with Crippen LogP contribution < -0.4 is 25.6 Å². The number of nitrogens with zero attached hydrogens (tertiary/aromatic N) is 2. The number of methoxy groups -OCH3 is 1. The van der Waals surface area contributed by atoms with Gasteiger partial charge in [-0.1, -0.05) is 30.3 Å². The molecule has 7 nitrogen and oxygen atoms in total. The van der Waals surface area contributed by atoms with Gasteiger partial charge < -0.3 is 25.6 Å². The average molecular weight is 410 g/mol. The third-order valence-corrected chi connectivity index (χ3v) is 5.00. The fourth-order valence-corrected chi connectivity index (χ4v) is 3.53. The zero-order chi connectivity index (χ0) is 21.2. The molecule has 1 amide bonds. The Hall–Kier alpha value is -3.22. The number of amides is 1. The highest BCUT2D eigenvalue weighted by molar-refractivity contribution is 5.94. The third kappa shape index (κ3) is 5.89. The Balaban J connectivity index is 1.49. The number of rotatable bonds is 8. The molecule has 1 fully saturated rings. The van der Waals surface area contributed by atoms with Gasteiger partial charge in [-0.25, -0.2) is 0 Å². The van der Waals surface area contributed by atoms with E-state index in [1.54, 1.807) is 19.2 Å². The second-order valence-electron chi connectivity index (χ2n) is 7.13. The van der Waals surface area contributed by atoms with Crippen molar-refractivity contribution in [3.63, 3.8) is 0 Å². The molecule has 0 radical (unpaired) electrons. The average Bonchev–Trinajstić information content (AvgIpc) is 3.25. The van der Waals surface area contributed by atoms with Gasteiger partial charge in [-0.2, -0.15) is 0 Å². The molecule has 7 heteroatoms. The first kappa shape index (κ1) is 21.5. The third-order valence-electron chi connectivity index (χ3n) is 5.00. The first-order valence-electron chi connectivity index (χ1n) is 10.5. The van der Waals surface area contributed by atoms with Crippen LogP contribution in [0.5, 0.6) is 5.75 Å². The predicted octanol–water partition coefficient (Wildman–Crippen LogP) is 2.26. The van der Waals surface area contributed by atoms with Crippen LogP contribution in [0.1, 0.15) is 23.7 Å². The van der Waals surface area contributed by atoms with Gasteiger partial charge in [0.25, 0.3) is 5.91 Å². The lowest BCUT2D eigenvalue weighted by molar-refractivity contribution is 0.0955. The summed E-state index contributed by atoms with van der Waals surface area (Å²) in [5.74, 6) is 1.60. The summed E-state index contributed by atoms with van der Waals surface area (Å²) in [6.45, 7) is 5.68. The number of hydrogen-bond donors (Lipinski definition) is 3. The van der Waals surface area contributed by atoms with E-state index in [1.165, 1.54) is 0 Å². The largest absolute Gasteiger partial charge is 0.495 e. The lowest BCUT2D eigenvalue weighted by Gasteiger charge is -2.22. The van der Waals surface area contributed by atoms with Crippen molar-refractivity contribution in [3.8, 4) is 5.75 Å². The first-order chi connectivity index (χ1) is 14.7. The summed E-state index contributed by atoms with van der Waals surface area (Å²) in [5.41, 5.74) is 1.78. The maximum absolute atomic E-state index is 12.1. The number of aliphatic imine (C=N–C) groups is 1. The van der Waals surface area contributed by atoms with E-state index in [2.05, 4.69) is 31.9 Å². The highest BCUT2D eigenvalue weighted by Crippen LogP contribution is 2.30. The molecule has 2 aromatic carbocycles. The molecule has 1 saturated heterocycles. The van der Waals surface area contributed by atoms with Crippen LogP contribution in [0.15, 0.2) is 59.6 Å². The van der Waals surface area contributed by atoms with Crippen LogP contribution in [0, 0.1) is 0 Å². The van der Waals surface area contributed by atoms with Crippen molar-refractivity contribution in [2.24, 2.45) is 4.99 Å². The van der Waals surface area contributed by atoms with Crippen LogP contribution in [0.3, 0.4) is 0 Å². The fraction of sp³-hybridized carbons (Fsp3) is 0.391. The van der Waals surface area contributed by atoms with E-state index in [1.807, 2.05) is 43.3 Å². The normalized spacial score (nSPS) is 16.3. The molecule has 3 N–H and O–H groups in total. The molecule has 1 aliphatic heterocycles. The van der Waals surface area contributed by atoms with Crippen LogP contribution in [0.2, 0.25) is 0 Å². The Kier molecular flexibility index (Phi) is 7.94. The zero-order valence-electron chi connectivity index (χ0n) is 17.7. The molecule has 160 valence electrons. The van der Waals surface area contributed by atoms with Gasteiger partial charge in [0, 0.05) is 37.8 Å². The van der Waals surface area contributed by atoms with Crippen molar-refractivity contribution < 1.29 is 9.53 Å². The number of carbonyl (C=O) groups is 1. The van der Waals surface area contributed by atoms with Gasteiger partial charge in [0.05, 0.1) is 19.3 Å². The molecular formula is C23H31N5O2. The van der Waals surface area contributed by atoms with Gasteiger partial charge in [-0.15, -0.1) is 0 Å². The molecule has 2 aromatic rings. The minimum absolute atomic E-state index is 0.0768. The molecule has 1 heterocycles. The second kappa shape index (κ2) is 11.1. The number of ether oxygens (including phenoxy) is 1. The van der Waals surface area contributed by atoms with Gasteiger partial charge in [-0.3, -0.25) is 9.79 Å². The van der Waals surface area contributed by atoms with E-state index in [4.69, 9.17) is 4.74 Å². The fourth-order valence-electron chi connectivity index (χ4n) is 3.53. The molecule has 0 saturated carbocycles. The number of benzene rings is 2. The standard InChI is InChI=1S/C23H31N5O2/c1-3-24-23(26-15-14-25-22(29)18-9-5-4-6-10-18)27-19-13-16-28(17-19)20-11-7-8-12-21(20)30-2/h4-12,19H,3,13-17H2,1-2H3,(H,25,29)(H2,24,26,27). The monoisotopic (exact) mass is 409 g/mol. The summed E-state index contributed by atoms with van der Waals surface area (Å²) >= 11 is 0. The number of nitrogens with one attached hydrogen (secondary N) is 3. The molecule has 0 aromatic heterocycles. The van der Waals surface area contributed by atoms with Gasteiger partial charge in [0.1, 0.15) is 5.75 Å². The molecule has 1 unspecified atom stereocenters. The van der Waals surface area contributed by atoms with Crippen molar-refractivity contribution in [3.05, 3.63) is 60.2 Å². The smallest absolute Gasteiger partial charge is 0.251 e. The highest BCUT2D eigenvalue weighted by Gasteiger charge is 2.25. The second-order valence-corrected chi connectivity index (χ2v) is 7.13. The summed E-state index contributed by atoms with van der Waals surface area (Å²) in [5, 5.41) is 9.71. The summed E-state index contributed by atoms with van der Waals surface area (Å²) in [6.07, 6.45) is 1.02. The van der Waals surface area contributed by atoms with Gasteiger partial charge in [0.15, 0.2) is 5.96 Å². The van der Waals surface area contributed by atoms with E-state index < -0.39 is 0 Å². The molecule has 0 aliphatic carbocycles. The maximum atomic E-state index is 12.1. The van der Waals surface area contributed by atoms with Crippen LogP contribution in [0.25, 0.3) is 0 Å². The van der Waals surface area contributed by atoms with E-state index in [0.29, 0.717) is 24.7 Å². The zero-order valence-corrected chi connectivity index (χ0v) is 17.7. The summed E-state index contributed by atoms with van der Waals surface area (Å²) < 4.78 is 5.50. The maximum Gasteiger partial charge on any atom is 0.251 e. The number of carbonyl (C=O) groups excluding carboxylic acids is 1. The van der Waals surface area contributed by atoms with Crippen molar-refractivity contribution in [2.75, 3.05) is 44.7 Å². The van der Waals surface area contributed by atoms with Crippen LogP contribution in [-0.4, -0.2) is 57.7 Å². The highest BCUT2D eigenvalue weighted by atomic mass is 16.5. The minimum Gasteiger partial charge on any atom is -0.495 e. The lowest BCUT2D eigenvalue weighted by Crippen LogP contribution is -2.45. The number of para-hydroxylation sites is 2. The van der Waals surface area contributed by atoms with E-state index in [-0.39, 0.29) is 5.91 Å². The molecule has 30 heavy (non-hydrogen) atoms. The first-order valence-corrected chi connectivity index (χ1v) is 10.5. The molecule has 1 atom stereocenters. The van der Waals surface area contributed by atoms with Crippen LogP contribution >= 0.6 is 0 Å². The Morgan fingerprint density at radius 3 is 2.67 bits per heavy atom. The van der Waals surface area contributed by atoms with E-state index in [9.17, 15) is 4.79 Å². The number of hydrogen-bond acceptors (Lipinski definition) is 4. The number of anilines is 1. The summed E-state index contributed by atoms with van der Waals surface area (Å²) in [6, 6.07) is 17.6. The molecule has 3 rings (SSSR count). The Morgan fingerprint density at radius 1 is 1.13 bits per heavy atom. The Bertz CT molecular complexity index is 840. The SMILES string of the molecule is CCNC(=NCCNC(=O)c1ccccc1)NC1CCN(c2ccccc2OC)C1. The summed E-state index contributed by atoms with van der Waals surface area (Å²) in [7, 11) is 1.71. The quantitative estimate of drug-likeness (QED) is 0.354. The van der Waals surface area contributed by atoms with Crippen molar-refractivity contribution >= 4 is 17.6 Å². The van der Waals surface area contributed by atoms with Gasteiger partial charge in [-0.05, 0) is 37.6 Å². The number of guanidine groups is 1. The van der Waals surface area contributed by atoms with Gasteiger partial charge >= 0.3 is 0 Å². The minimum atomic E-state index is -0.0768. The van der Waals surface area contributed by atoms with E-state index >= 15 is 0 Å². The van der Waals surface area contributed by atoms with Crippen molar-refractivity contribution in [2.45, 2.75) is 19.4 Å².